The Balaban J connectivity index is 3.38. The number of hydrogen-bond donors (Lipinski definition) is 2. The van der Waals surface area contributed by atoms with Crippen LogP contribution in [0.15, 0.2) is 0 Å². The van der Waals surface area contributed by atoms with Gasteiger partial charge in [-0.25, -0.2) is 0 Å². The van der Waals surface area contributed by atoms with Gasteiger partial charge >= 0.3 is 0 Å². The van der Waals surface area contributed by atoms with Gasteiger partial charge in [-0.2, -0.15) is 0 Å². The van der Waals surface area contributed by atoms with E-state index in [0.29, 0.717) is 19.3 Å². The van der Waals surface area contributed by atoms with Crippen LogP contribution in [0.4, 0.5) is 0 Å². The predicted octanol–water partition coefficient (Wildman–Crippen LogP) is 1.98. The first-order valence-corrected chi connectivity index (χ1v) is 8.07. The Morgan fingerprint density at radius 1 is 0.952 bits per heavy atom. The molecular weight excluding hydrogens is 270 g/mol. The average Bonchev–Trinajstić information content (AvgIpc) is 2.44. The summed E-state index contributed by atoms with van der Waals surface area (Å²) < 4.78 is 15.8. The van der Waals surface area contributed by atoms with E-state index in [1.54, 1.807) is 7.11 Å². The number of rotatable bonds is 15. The van der Waals surface area contributed by atoms with Crippen molar-refractivity contribution in [2.75, 3.05) is 46.8 Å². The zero-order chi connectivity index (χ0) is 16.0. The molecule has 0 heterocycles. The first-order valence-electron chi connectivity index (χ1n) is 8.07. The number of ether oxygens (including phenoxy) is 3. The van der Waals surface area contributed by atoms with Gasteiger partial charge in [-0.05, 0) is 32.6 Å². The van der Waals surface area contributed by atoms with Crippen LogP contribution in [0.2, 0.25) is 0 Å². The van der Waals surface area contributed by atoms with Gasteiger partial charge in [-0.3, -0.25) is 0 Å². The number of methoxy groups -OCH3 is 1. The van der Waals surface area contributed by atoms with Crippen molar-refractivity contribution in [1.82, 2.24) is 5.32 Å². The van der Waals surface area contributed by atoms with Gasteiger partial charge in [-0.15, -0.1) is 0 Å². The summed E-state index contributed by atoms with van der Waals surface area (Å²) in [5.74, 6) is 0. The van der Waals surface area contributed by atoms with E-state index < -0.39 is 0 Å². The van der Waals surface area contributed by atoms with Gasteiger partial charge in [-0.1, -0.05) is 13.8 Å². The number of aliphatic hydroxyl groups is 1. The molecule has 0 aromatic heterocycles. The van der Waals surface area contributed by atoms with Crippen molar-refractivity contribution in [2.45, 2.75) is 58.0 Å². The van der Waals surface area contributed by atoms with Gasteiger partial charge in [0.25, 0.3) is 0 Å². The van der Waals surface area contributed by atoms with Gasteiger partial charge < -0.3 is 24.6 Å². The average molecular weight is 305 g/mol. The highest BCUT2D eigenvalue weighted by molar-refractivity contribution is 4.83. The lowest BCUT2D eigenvalue weighted by molar-refractivity contribution is 0.0503. The number of unbranched alkanes of at least 4 members (excludes halogenated alkanes) is 1. The highest BCUT2D eigenvalue weighted by Gasteiger charge is 2.22. The van der Waals surface area contributed by atoms with Crippen LogP contribution in [0.25, 0.3) is 0 Å². The highest BCUT2D eigenvalue weighted by atomic mass is 16.5. The fraction of sp³-hybridized carbons (Fsp3) is 1.00. The lowest BCUT2D eigenvalue weighted by Crippen LogP contribution is -2.49. The van der Waals surface area contributed by atoms with E-state index >= 15 is 0 Å². The second kappa shape index (κ2) is 13.5. The zero-order valence-corrected chi connectivity index (χ0v) is 14.3. The molecule has 0 aliphatic heterocycles. The van der Waals surface area contributed by atoms with E-state index in [0.717, 1.165) is 45.5 Å². The Morgan fingerprint density at radius 3 is 2.14 bits per heavy atom. The molecule has 0 aliphatic carbocycles. The Bertz CT molecular complexity index is 226. The minimum absolute atomic E-state index is 0.171. The molecule has 0 saturated heterocycles. The summed E-state index contributed by atoms with van der Waals surface area (Å²) in [5, 5.41) is 12.9. The summed E-state index contributed by atoms with van der Waals surface area (Å²) in [6, 6.07) is 0.386. The molecule has 0 aromatic carbocycles. The summed E-state index contributed by atoms with van der Waals surface area (Å²) >= 11 is 0. The van der Waals surface area contributed by atoms with Crippen molar-refractivity contribution in [3.8, 4) is 0 Å². The van der Waals surface area contributed by atoms with Crippen LogP contribution in [-0.2, 0) is 14.2 Å². The van der Waals surface area contributed by atoms with Crippen LogP contribution < -0.4 is 5.32 Å². The van der Waals surface area contributed by atoms with Gasteiger partial charge in [0.2, 0.25) is 0 Å². The first-order chi connectivity index (χ1) is 10.0. The SMILES string of the molecule is COCCOCCCOCCCCC(C)(CO)NC(C)C. The van der Waals surface area contributed by atoms with E-state index in [9.17, 15) is 5.11 Å². The molecule has 0 fully saturated rings. The summed E-state index contributed by atoms with van der Waals surface area (Å²) in [4.78, 5) is 0. The van der Waals surface area contributed by atoms with Crippen molar-refractivity contribution >= 4 is 0 Å². The Hall–Kier alpha value is -0.200. The molecule has 0 amide bonds. The van der Waals surface area contributed by atoms with Gasteiger partial charge in [0, 0.05) is 38.5 Å². The van der Waals surface area contributed by atoms with Gasteiger partial charge in [0.1, 0.15) is 0 Å². The first kappa shape index (κ1) is 20.8. The molecule has 5 heteroatoms. The Kier molecular flexibility index (Phi) is 13.3. The van der Waals surface area contributed by atoms with Gasteiger partial charge in [0.05, 0.1) is 19.8 Å². The molecule has 0 aromatic rings. The highest BCUT2D eigenvalue weighted by Crippen LogP contribution is 2.14. The fourth-order valence-corrected chi connectivity index (χ4v) is 2.22. The second-order valence-corrected chi connectivity index (χ2v) is 6.05. The minimum atomic E-state index is -0.177. The maximum Gasteiger partial charge on any atom is 0.0700 e. The molecule has 1 atom stereocenters. The number of aliphatic hydroxyl groups excluding tert-OH is 1. The Labute approximate surface area is 130 Å². The normalized spacial score (nSPS) is 14.6. The van der Waals surface area contributed by atoms with E-state index in [1.165, 1.54) is 0 Å². The molecule has 0 rings (SSSR count). The predicted molar refractivity (Wildman–Crippen MR) is 85.7 cm³/mol. The zero-order valence-electron chi connectivity index (χ0n) is 14.3. The van der Waals surface area contributed by atoms with Gasteiger partial charge in [0.15, 0.2) is 0 Å². The van der Waals surface area contributed by atoms with E-state index in [2.05, 4.69) is 26.1 Å². The summed E-state index contributed by atoms with van der Waals surface area (Å²) in [6.45, 7) is 10.0. The van der Waals surface area contributed by atoms with Crippen LogP contribution in [0.1, 0.15) is 46.5 Å². The monoisotopic (exact) mass is 305 g/mol. The lowest BCUT2D eigenvalue weighted by atomic mass is 9.95. The molecule has 0 radical (unpaired) electrons. The van der Waals surface area contributed by atoms with Crippen molar-refractivity contribution in [3.05, 3.63) is 0 Å². The topological polar surface area (TPSA) is 60.0 Å². The molecule has 0 saturated carbocycles. The van der Waals surface area contributed by atoms with Crippen LogP contribution in [-0.4, -0.2) is 63.4 Å². The van der Waals surface area contributed by atoms with E-state index in [-0.39, 0.29) is 12.1 Å². The number of hydrogen-bond acceptors (Lipinski definition) is 5. The van der Waals surface area contributed by atoms with E-state index in [4.69, 9.17) is 14.2 Å². The third-order valence-electron chi connectivity index (χ3n) is 3.26. The molecule has 5 nitrogen and oxygen atoms in total. The Morgan fingerprint density at radius 2 is 1.57 bits per heavy atom. The van der Waals surface area contributed by atoms with Crippen molar-refractivity contribution < 1.29 is 19.3 Å². The van der Waals surface area contributed by atoms with Crippen molar-refractivity contribution in [3.63, 3.8) is 0 Å². The maximum absolute atomic E-state index is 9.48. The molecule has 0 aliphatic rings. The van der Waals surface area contributed by atoms with Crippen LogP contribution >= 0.6 is 0 Å². The third kappa shape index (κ3) is 13.2. The molecule has 1 unspecified atom stereocenters. The molecule has 0 bridgehead atoms. The van der Waals surface area contributed by atoms with Crippen LogP contribution in [0, 0.1) is 0 Å². The quantitative estimate of drug-likeness (QED) is 0.453. The standard InChI is InChI=1S/C16H35NO4/c1-15(2)17-16(3,14-18)8-5-6-9-20-10-7-11-21-13-12-19-4/h15,17-18H,5-14H2,1-4H3. The maximum atomic E-state index is 9.48. The smallest absolute Gasteiger partial charge is 0.0700 e. The molecule has 0 spiro atoms. The molecular formula is C16H35NO4. The minimum Gasteiger partial charge on any atom is -0.394 e. The largest absolute Gasteiger partial charge is 0.394 e. The summed E-state index contributed by atoms with van der Waals surface area (Å²) in [7, 11) is 1.67. The van der Waals surface area contributed by atoms with Crippen molar-refractivity contribution in [1.29, 1.82) is 0 Å². The van der Waals surface area contributed by atoms with Crippen LogP contribution in [0.5, 0.6) is 0 Å². The summed E-state index contributed by atoms with van der Waals surface area (Å²) in [6.07, 6.45) is 3.97. The summed E-state index contributed by atoms with van der Waals surface area (Å²) in [5.41, 5.74) is -0.177. The fourth-order valence-electron chi connectivity index (χ4n) is 2.22. The number of nitrogens with one attached hydrogen (secondary N) is 1. The third-order valence-corrected chi connectivity index (χ3v) is 3.26. The molecule has 21 heavy (non-hydrogen) atoms. The lowest BCUT2D eigenvalue weighted by Gasteiger charge is -2.31. The second-order valence-electron chi connectivity index (χ2n) is 6.05. The van der Waals surface area contributed by atoms with Crippen LogP contribution in [0.3, 0.4) is 0 Å². The molecule has 2 N–H and O–H groups in total. The van der Waals surface area contributed by atoms with E-state index in [1.807, 2.05) is 0 Å². The molecule has 128 valence electrons. The van der Waals surface area contributed by atoms with Crippen molar-refractivity contribution in [2.24, 2.45) is 0 Å².